The van der Waals surface area contributed by atoms with E-state index in [9.17, 15) is 5.21 Å². The van der Waals surface area contributed by atoms with Crippen molar-refractivity contribution in [2.24, 2.45) is 5.16 Å². The molecular weight excluding hydrogens is 330 g/mol. The van der Waals surface area contributed by atoms with Crippen LogP contribution in [0.15, 0.2) is 40.9 Å². The first-order chi connectivity index (χ1) is 12.2. The number of aryl methyl sites for hydroxylation is 1. The van der Waals surface area contributed by atoms with Crippen LogP contribution in [-0.2, 0) is 0 Å². The summed E-state index contributed by atoms with van der Waals surface area (Å²) in [5, 5.41) is 14.7. The van der Waals surface area contributed by atoms with Crippen LogP contribution in [-0.4, -0.2) is 48.5 Å². The fourth-order valence-corrected chi connectivity index (χ4v) is 4.17. The van der Waals surface area contributed by atoms with Gasteiger partial charge in [-0.15, -0.1) is 11.3 Å². The first-order valence-electron chi connectivity index (χ1n) is 8.97. The molecule has 3 rings (SSSR count). The molecule has 1 fully saturated rings. The minimum Gasteiger partial charge on any atom is -0.411 e. The maximum Gasteiger partial charge on any atom is 0.0967 e. The molecule has 1 N–H and O–H groups in total. The molecule has 0 amide bonds. The molecule has 2 heterocycles. The fraction of sp³-hybridized carbons (Fsp3) is 0.450. The maximum atomic E-state index is 9.22. The van der Waals surface area contributed by atoms with Crippen molar-refractivity contribution in [2.45, 2.75) is 26.7 Å². The Labute approximate surface area is 154 Å². The van der Waals surface area contributed by atoms with E-state index in [1.54, 1.807) is 11.3 Å². The van der Waals surface area contributed by atoms with Gasteiger partial charge in [-0.25, -0.2) is 0 Å². The van der Waals surface area contributed by atoms with Crippen molar-refractivity contribution in [3.63, 3.8) is 0 Å². The molecule has 0 bridgehead atoms. The third-order valence-electron chi connectivity index (χ3n) is 5.10. The second-order valence-electron chi connectivity index (χ2n) is 6.68. The minimum absolute atomic E-state index is 0.809. The first kappa shape index (κ1) is 18.0. The fourth-order valence-electron chi connectivity index (χ4n) is 3.43. The molecule has 134 valence electrons. The van der Waals surface area contributed by atoms with Crippen LogP contribution in [0.4, 0.5) is 5.69 Å². The van der Waals surface area contributed by atoms with E-state index >= 15 is 0 Å². The van der Waals surface area contributed by atoms with Crippen molar-refractivity contribution in [1.82, 2.24) is 4.90 Å². The number of rotatable bonds is 6. The molecule has 4 nitrogen and oxygen atoms in total. The molecule has 1 aliphatic rings. The number of anilines is 1. The summed E-state index contributed by atoms with van der Waals surface area (Å²) in [5.41, 5.74) is 4.95. The highest BCUT2D eigenvalue weighted by molar-refractivity contribution is 7.12. The topological polar surface area (TPSA) is 39.1 Å². The van der Waals surface area contributed by atoms with E-state index in [0.29, 0.717) is 0 Å². The highest BCUT2D eigenvalue weighted by Crippen LogP contribution is 2.24. The van der Waals surface area contributed by atoms with Gasteiger partial charge in [0.25, 0.3) is 0 Å². The van der Waals surface area contributed by atoms with E-state index in [4.69, 9.17) is 0 Å². The molecule has 1 saturated heterocycles. The van der Waals surface area contributed by atoms with E-state index in [1.165, 1.54) is 16.8 Å². The van der Waals surface area contributed by atoms with Crippen LogP contribution in [0.3, 0.4) is 0 Å². The zero-order chi connectivity index (χ0) is 17.6. The van der Waals surface area contributed by atoms with E-state index in [1.807, 2.05) is 17.5 Å². The maximum absolute atomic E-state index is 9.22. The molecule has 1 aromatic heterocycles. The third kappa shape index (κ3) is 4.41. The molecule has 1 aliphatic heterocycles. The van der Waals surface area contributed by atoms with Gasteiger partial charge in [-0.1, -0.05) is 23.4 Å². The summed E-state index contributed by atoms with van der Waals surface area (Å²) in [5.74, 6) is 0. The van der Waals surface area contributed by atoms with Gasteiger partial charge in [0.1, 0.15) is 0 Å². The Morgan fingerprint density at radius 1 is 1.12 bits per heavy atom. The highest BCUT2D eigenvalue weighted by atomic mass is 32.1. The lowest BCUT2D eigenvalue weighted by Crippen LogP contribution is -2.46. The Morgan fingerprint density at radius 2 is 1.92 bits per heavy atom. The van der Waals surface area contributed by atoms with Crippen molar-refractivity contribution >= 4 is 22.7 Å². The predicted molar refractivity (Wildman–Crippen MR) is 106 cm³/mol. The van der Waals surface area contributed by atoms with Gasteiger partial charge in [-0.3, -0.25) is 4.90 Å². The van der Waals surface area contributed by atoms with Gasteiger partial charge < -0.3 is 10.1 Å². The van der Waals surface area contributed by atoms with Crippen LogP contribution in [0.5, 0.6) is 0 Å². The number of oxime groups is 1. The summed E-state index contributed by atoms with van der Waals surface area (Å²) in [4.78, 5) is 6.10. The zero-order valence-corrected chi connectivity index (χ0v) is 15.9. The molecule has 2 aromatic rings. The molecule has 0 unspecified atom stereocenters. The molecule has 0 spiro atoms. The van der Waals surface area contributed by atoms with Crippen LogP contribution >= 0.6 is 11.3 Å². The average molecular weight is 358 g/mol. The number of benzene rings is 1. The van der Waals surface area contributed by atoms with Gasteiger partial charge in [0.15, 0.2) is 0 Å². The molecular formula is C20H27N3OS. The summed E-state index contributed by atoms with van der Waals surface area (Å²) in [6.45, 7) is 9.81. The lowest BCUT2D eigenvalue weighted by molar-refractivity contribution is 0.255. The second-order valence-corrected chi connectivity index (χ2v) is 7.62. The van der Waals surface area contributed by atoms with Gasteiger partial charge in [-0.05, 0) is 61.9 Å². The number of hydrogen-bond donors (Lipinski definition) is 1. The Bertz CT molecular complexity index is 704. The Balaban J connectivity index is 1.46. The van der Waals surface area contributed by atoms with Gasteiger partial charge in [0, 0.05) is 31.9 Å². The predicted octanol–water partition coefficient (Wildman–Crippen LogP) is 4.15. The lowest BCUT2D eigenvalue weighted by atomic mass is 10.1. The molecule has 25 heavy (non-hydrogen) atoms. The SMILES string of the molecule is Cc1cccc(N2CCN(CCCC(=NO)c3cccs3)CC2)c1C. The third-order valence-corrected chi connectivity index (χ3v) is 6.02. The van der Waals surface area contributed by atoms with Gasteiger partial charge in [0.2, 0.25) is 0 Å². The number of piperazine rings is 1. The number of thiophene rings is 1. The molecule has 0 radical (unpaired) electrons. The van der Waals surface area contributed by atoms with Crippen molar-refractivity contribution in [3.8, 4) is 0 Å². The summed E-state index contributed by atoms with van der Waals surface area (Å²) in [6, 6.07) is 10.6. The molecule has 1 aromatic carbocycles. The van der Waals surface area contributed by atoms with Crippen LogP contribution in [0.1, 0.15) is 28.8 Å². The lowest BCUT2D eigenvalue weighted by Gasteiger charge is -2.37. The van der Waals surface area contributed by atoms with E-state index in [2.05, 4.69) is 47.0 Å². The van der Waals surface area contributed by atoms with Gasteiger partial charge in [-0.2, -0.15) is 0 Å². The molecule has 0 saturated carbocycles. The van der Waals surface area contributed by atoms with Gasteiger partial charge in [0.05, 0.1) is 10.6 Å². The Morgan fingerprint density at radius 3 is 2.60 bits per heavy atom. The van der Waals surface area contributed by atoms with E-state index < -0.39 is 0 Å². The summed E-state index contributed by atoms with van der Waals surface area (Å²) in [7, 11) is 0. The Kier molecular flexibility index (Phi) is 6.10. The van der Waals surface area contributed by atoms with Crippen LogP contribution < -0.4 is 4.90 Å². The van der Waals surface area contributed by atoms with Crippen molar-refractivity contribution in [3.05, 3.63) is 51.7 Å². The first-order valence-corrected chi connectivity index (χ1v) is 9.85. The zero-order valence-electron chi connectivity index (χ0n) is 15.1. The molecule has 0 atom stereocenters. The van der Waals surface area contributed by atoms with Crippen LogP contribution in [0, 0.1) is 13.8 Å². The quantitative estimate of drug-likeness (QED) is 0.480. The van der Waals surface area contributed by atoms with Gasteiger partial charge >= 0.3 is 0 Å². The van der Waals surface area contributed by atoms with E-state index in [-0.39, 0.29) is 0 Å². The van der Waals surface area contributed by atoms with Crippen LogP contribution in [0.2, 0.25) is 0 Å². The standard InChI is InChI=1S/C20H27N3OS/c1-16-6-3-8-19(17(16)2)23-13-11-22(12-14-23)10-4-7-18(21-24)20-9-5-15-25-20/h3,5-6,8-9,15,24H,4,7,10-14H2,1-2H3. The summed E-state index contributed by atoms with van der Waals surface area (Å²) < 4.78 is 0. The highest BCUT2D eigenvalue weighted by Gasteiger charge is 2.18. The number of hydrogen-bond acceptors (Lipinski definition) is 5. The van der Waals surface area contributed by atoms with Crippen molar-refractivity contribution in [2.75, 3.05) is 37.6 Å². The molecule has 0 aliphatic carbocycles. The Hall–Kier alpha value is -1.85. The second kappa shape index (κ2) is 8.50. The average Bonchev–Trinajstić information content (AvgIpc) is 3.16. The van der Waals surface area contributed by atoms with Crippen molar-refractivity contribution in [1.29, 1.82) is 0 Å². The largest absolute Gasteiger partial charge is 0.411 e. The summed E-state index contributed by atoms with van der Waals surface area (Å²) >= 11 is 1.63. The summed E-state index contributed by atoms with van der Waals surface area (Å²) in [6.07, 6.45) is 1.86. The molecule has 5 heteroatoms. The normalized spacial score (nSPS) is 16.4. The monoisotopic (exact) mass is 357 g/mol. The number of nitrogens with zero attached hydrogens (tertiary/aromatic N) is 3. The minimum atomic E-state index is 0.809. The smallest absolute Gasteiger partial charge is 0.0967 e. The van der Waals surface area contributed by atoms with Crippen molar-refractivity contribution < 1.29 is 5.21 Å². The van der Waals surface area contributed by atoms with Crippen LogP contribution in [0.25, 0.3) is 0 Å². The van der Waals surface area contributed by atoms with E-state index in [0.717, 1.165) is 56.2 Å².